The summed E-state index contributed by atoms with van der Waals surface area (Å²) in [7, 11) is 0. The molecule has 2 aliphatic heterocycles. The molecular weight excluding hydrogens is 318 g/mol. The van der Waals surface area contributed by atoms with E-state index in [9.17, 15) is 14.4 Å². The normalized spacial score (nSPS) is 23.6. The van der Waals surface area contributed by atoms with E-state index >= 15 is 0 Å². The molecule has 2 saturated heterocycles. The zero-order chi connectivity index (χ0) is 18.1. The largest absolute Gasteiger partial charge is 0.339 e. The van der Waals surface area contributed by atoms with E-state index in [4.69, 9.17) is 0 Å². The molecule has 0 spiro atoms. The molecule has 0 aliphatic carbocycles. The zero-order valence-electron chi connectivity index (χ0n) is 15.3. The number of piperidine rings is 2. The number of hydrogen-bond donors (Lipinski definition) is 1. The van der Waals surface area contributed by atoms with E-state index in [2.05, 4.69) is 11.9 Å². The Morgan fingerprint density at radius 2 is 2.04 bits per heavy atom. The molecule has 1 N–H and O–H groups in total. The van der Waals surface area contributed by atoms with Crippen LogP contribution >= 0.6 is 0 Å². The van der Waals surface area contributed by atoms with Crippen LogP contribution in [-0.2, 0) is 4.79 Å². The molecule has 0 radical (unpaired) electrons. The highest BCUT2D eigenvalue weighted by Gasteiger charge is 2.40. The topological polar surface area (TPSA) is 73.5 Å². The van der Waals surface area contributed by atoms with Crippen molar-refractivity contribution in [3.63, 3.8) is 0 Å². The number of fused-ring (bicyclic) bond motifs is 1. The number of H-pyrrole nitrogens is 1. The number of nitrogens with one attached hydrogen (secondary N) is 1. The average Bonchev–Trinajstić information content (AvgIpc) is 2.59. The number of carbonyl (C=O) groups excluding carboxylic acids is 2. The van der Waals surface area contributed by atoms with Crippen molar-refractivity contribution < 1.29 is 9.59 Å². The van der Waals surface area contributed by atoms with Gasteiger partial charge in [0.15, 0.2) is 0 Å². The van der Waals surface area contributed by atoms with E-state index in [1.807, 2.05) is 18.7 Å². The molecule has 25 heavy (non-hydrogen) atoms. The third-order valence-corrected chi connectivity index (χ3v) is 5.62. The van der Waals surface area contributed by atoms with Gasteiger partial charge in [0, 0.05) is 37.8 Å². The molecule has 2 fully saturated rings. The number of amides is 2. The number of aromatic nitrogens is 1. The van der Waals surface area contributed by atoms with Crippen molar-refractivity contribution in [2.45, 2.75) is 52.5 Å². The van der Waals surface area contributed by atoms with Gasteiger partial charge in [0.1, 0.15) is 5.56 Å². The molecular formula is C19H27N3O3. The van der Waals surface area contributed by atoms with E-state index in [1.54, 1.807) is 11.0 Å². The maximum atomic E-state index is 12.9. The van der Waals surface area contributed by atoms with Gasteiger partial charge in [-0.05, 0) is 50.7 Å². The van der Waals surface area contributed by atoms with Crippen molar-refractivity contribution in [3.05, 3.63) is 33.2 Å². The second kappa shape index (κ2) is 7.02. The lowest BCUT2D eigenvalue weighted by atomic mass is 9.83. The number of pyridine rings is 1. The first-order valence-electron chi connectivity index (χ1n) is 9.21. The fourth-order valence-electron chi connectivity index (χ4n) is 4.12. The predicted octanol–water partition coefficient (Wildman–Crippen LogP) is 1.85. The fraction of sp³-hybridized carbons (Fsp3) is 0.632. The van der Waals surface area contributed by atoms with Crippen molar-refractivity contribution in [1.82, 2.24) is 14.8 Å². The van der Waals surface area contributed by atoms with E-state index in [1.165, 1.54) is 0 Å². The van der Waals surface area contributed by atoms with E-state index in [-0.39, 0.29) is 29.0 Å². The third kappa shape index (κ3) is 3.34. The molecule has 0 aromatic carbocycles. The highest BCUT2D eigenvalue weighted by atomic mass is 16.2. The number of nitrogens with zero attached hydrogens (tertiary/aromatic N) is 2. The summed E-state index contributed by atoms with van der Waals surface area (Å²) in [6.07, 6.45) is 3.14. The quantitative estimate of drug-likeness (QED) is 0.909. The predicted molar refractivity (Wildman–Crippen MR) is 95.6 cm³/mol. The Balaban J connectivity index is 1.77. The summed E-state index contributed by atoms with van der Waals surface area (Å²) in [4.78, 5) is 43.8. The smallest absolute Gasteiger partial charge is 0.261 e. The van der Waals surface area contributed by atoms with Crippen LogP contribution in [-0.4, -0.2) is 52.3 Å². The Morgan fingerprint density at radius 3 is 2.76 bits per heavy atom. The molecule has 0 saturated carbocycles. The van der Waals surface area contributed by atoms with Gasteiger partial charge in [-0.2, -0.15) is 0 Å². The second-order valence-corrected chi connectivity index (χ2v) is 7.31. The van der Waals surface area contributed by atoms with Gasteiger partial charge < -0.3 is 14.8 Å². The van der Waals surface area contributed by atoms with E-state index in [0.717, 1.165) is 37.1 Å². The second-order valence-electron chi connectivity index (χ2n) is 7.31. The van der Waals surface area contributed by atoms with Crippen LogP contribution in [0.4, 0.5) is 0 Å². The summed E-state index contributed by atoms with van der Waals surface area (Å²) in [5.74, 6) is 0.364. The number of carbonyl (C=O) groups is 2. The highest BCUT2D eigenvalue weighted by Crippen LogP contribution is 2.31. The maximum Gasteiger partial charge on any atom is 0.261 e. The zero-order valence-corrected chi connectivity index (χ0v) is 15.3. The summed E-state index contributed by atoms with van der Waals surface area (Å²) >= 11 is 0. The average molecular weight is 345 g/mol. The molecule has 3 heterocycles. The Bertz CT molecular complexity index is 740. The van der Waals surface area contributed by atoms with Crippen LogP contribution in [0.25, 0.3) is 0 Å². The summed E-state index contributed by atoms with van der Waals surface area (Å²) in [6, 6.07) is 1.93. The minimum Gasteiger partial charge on any atom is -0.339 e. The number of aryl methyl sites for hydroxylation is 2. The van der Waals surface area contributed by atoms with Crippen molar-refractivity contribution in [2.75, 3.05) is 19.6 Å². The first-order valence-corrected chi connectivity index (χ1v) is 9.21. The van der Waals surface area contributed by atoms with Gasteiger partial charge in [-0.3, -0.25) is 14.4 Å². The van der Waals surface area contributed by atoms with Crippen molar-refractivity contribution in [1.29, 1.82) is 0 Å². The molecule has 0 bridgehead atoms. The molecule has 136 valence electrons. The van der Waals surface area contributed by atoms with Gasteiger partial charge in [-0.15, -0.1) is 0 Å². The minimum absolute atomic E-state index is 0.193. The molecule has 1 aromatic rings. The van der Waals surface area contributed by atoms with Crippen LogP contribution in [0.15, 0.2) is 10.9 Å². The number of hydrogen-bond acceptors (Lipinski definition) is 3. The van der Waals surface area contributed by atoms with Crippen LogP contribution in [0, 0.1) is 19.8 Å². The summed E-state index contributed by atoms with van der Waals surface area (Å²) in [5.41, 5.74) is 1.61. The van der Waals surface area contributed by atoms with Gasteiger partial charge in [0.25, 0.3) is 11.5 Å². The number of aromatic amines is 1. The highest BCUT2D eigenvalue weighted by molar-refractivity contribution is 5.94. The molecule has 3 rings (SSSR count). The summed E-state index contributed by atoms with van der Waals surface area (Å²) in [6.45, 7) is 7.83. The van der Waals surface area contributed by atoms with Crippen LogP contribution in [0.1, 0.15) is 54.2 Å². The molecule has 1 aromatic heterocycles. The monoisotopic (exact) mass is 345 g/mol. The fourth-order valence-corrected chi connectivity index (χ4v) is 4.12. The van der Waals surface area contributed by atoms with E-state index in [0.29, 0.717) is 25.4 Å². The number of rotatable bonds is 3. The lowest BCUT2D eigenvalue weighted by Crippen LogP contribution is -2.57. The standard InChI is InChI=1S/C19H27N3O3/c1-4-8-22-16-7-9-21(11-14(16)5-6-17(22)23)19(25)15-10-12(2)13(3)20-18(15)24/h10,14,16H,4-9,11H2,1-3H3,(H,20,24)/t14-,16+/m1/s1. The first kappa shape index (κ1) is 17.7. The first-order chi connectivity index (χ1) is 11.9. The van der Waals surface area contributed by atoms with Gasteiger partial charge in [-0.1, -0.05) is 6.92 Å². The van der Waals surface area contributed by atoms with Gasteiger partial charge in [0.2, 0.25) is 5.91 Å². The van der Waals surface area contributed by atoms with Gasteiger partial charge >= 0.3 is 0 Å². The van der Waals surface area contributed by atoms with Crippen molar-refractivity contribution in [3.8, 4) is 0 Å². The maximum absolute atomic E-state index is 12.9. The Morgan fingerprint density at radius 1 is 1.28 bits per heavy atom. The Kier molecular flexibility index (Phi) is 4.97. The molecule has 2 aliphatic rings. The van der Waals surface area contributed by atoms with Gasteiger partial charge in [0.05, 0.1) is 0 Å². The minimum atomic E-state index is -0.318. The molecule has 6 heteroatoms. The van der Waals surface area contributed by atoms with Gasteiger partial charge in [-0.25, -0.2) is 0 Å². The molecule has 2 amide bonds. The van der Waals surface area contributed by atoms with Crippen LogP contribution in [0.3, 0.4) is 0 Å². The Hall–Kier alpha value is -2.11. The lowest BCUT2D eigenvalue weighted by Gasteiger charge is -2.47. The number of likely N-dealkylation sites (tertiary alicyclic amines) is 2. The lowest BCUT2D eigenvalue weighted by molar-refractivity contribution is -0.140. The third-order valence-electron chi connectivity index (χ3n) is 5.62. The van der Waals surface area contributed by atoms with E-state index < -0.39 is 0 Å². The van der Waals surface area contributed by atoms with Crippen LogP contribution < -0.4 is 5.56 Å². The SMILES string of the molecule is CCCN1C(=O)CC[C@@H]2CN(C(=O)c3cc(C)c(C)[nH]c3=O)CC[C@@H]21. The van der Waals surface area contributed by atoms with Crippen molar-refractivity contribution in [2.24, 2.45) is 5.92 Å². The Labute approximate surface area is 148 Å². The molecule has 2 atom stereocenters. The van der Waals surface area contributed by atoms with Crippen molar-refractivity contribution >= 4 is 11.8 Å². The summed E-state index contributed by atoms with van der Waals surface area (Å²) < 4.78 is 0. The van der Waals surface area contributed by atoms with Crippen LogP contribution in [0.2, 0.25) is 0 Å². The molecule has 0 unspecified atom stereocenters. The van der Waals surface area contributed by atoms with Crippen LogP contribution in [0.5, 0.6) is 0 Å². The molecule has 6 nitrogen and oxygen atoms in total. The summed E-state index contributed by atoms with van der Waals surface area (Å²) in [5, 5.41) is 0.